The Morgan fingerprint density at radius 1 is 1.36 bits per heavy atom. The number of nitrogens with one attached hydrogen (secondary N) is 1. The lowest BCUT2D eigenvalue weighted by molar-refractivity contribution is 0.332. The molecular formula is C12H26N2. The minimum absolute atomic E-state index is 0.946. The van der Waals surface area contributed by atoms with Gasteiger partial charge < -0.3 is 10.2 Å². The smallest absolute Gasteiger partial charge is 0.0104 e. The molecule has 14 heavy (non-hydrogen) atoms. The summed E-state index contributed by atoms with van der Waals surface area (Å²) < 4.78 is 0. The monoisotopic (exact) mass is 198 g/mol. The van der Waals surface area contributed by atoms with Gasteiger partial charge in [-0.3, -0.25) is 0 Å². The molecular weight excluding hydrogens is 172 g/mol. The highest BCUT2D eigenvalue weighted by Crippen LogP contribution is 2.30. The second-order valence-corrected chi connectivity index (χ2v) is 4.77. The van der Waals surface area contributed by atoms with Gasteiger partial charge in [-0.1, -0.05) is 26.7 Å². The molecule has 0 bridgehead atoms. The van der Waals surface area contributed by atoms with E-state index in [1.807, 2.05) is 0 Å². The zero-order valence-corrected chi connectivity index (χ0v) is 10.1. The third kappa shape index (κ3) is 3.97. The van der Waals surface area contributed by atoms with Gasteiger partial charge in [0.1, 0.15) is 0 Å². The summed E-state index contributed by atoms with van der Waals surface area (Å²) in [6.45, 7) is 9.32. The molecule has 2 unspecified atom stereocenters. The van der Waals surface area contributed by atoms with Crippen molar-refractivity contribution in [1.82, 2.24) is 10.2 Å². The molecule has 0 aromatic heterocycles. The summed E-state index contributed by atoms with van der Waals surface area (Å²) in [4.78, 5) is 2.35. The Labute approximate surface area is 89.1 Å². The molecule has 0 aromatic carbocycles. The van der Waals surface area contributed by atoms with Crippen LogP contribution < -0.4 is 5.32 Å². The summed E-state index contributed by atoms with van der Waals surface area (Å²) in [6.07, 6.45) is 4.33. The maximum absolute atomic E-state index is 3.58. The van der Waals surface area contributed by atoms with Gasteiger partial charge >= 0.3 is 0 Å². The van der Waals surface area contributed by atoms with Gasteiger partial charge in [-0.15, -0.1) is 0 Å². The Kier molecular flexibility index (Phi) is 5.49. The van der Waals surface area contributed by atoms with E-state index in [0.29, 0.717) is 0 Å². The summed E-state index contributed by atoms with van der Waals surface area (Å²) in [5.74, 6) is 1.90. The van der Waals surface area contributed by atoms with Crippen molar-refractivity contribution >= 4 is 0 Å². The molecule has 0 spiro atoms. The van der Waals surface area contributed by atoms with Crippen LogP contribution in [0.2, 0.25) is 0 Å². The van der Waals surface area contributed by atoms with Crippen molar-refractivity contribution in [2.45, 2.75) is 33.1 Å². The third-order valence-corrected chi connectivity index (χ3v) is 3.66. The van der Waals surface area contributed by atoms with E-state index >= 15 is 0 Å². The lowest BCUT2D eigenvalue weighted by atomic mass is 9.98. The highest BCUT2D eigenvalue weighted by Gasteiger charge is 2.22. The number of rotatable bonds is 6. The number of hydrogen-bond donors (Lipinski definition) is 1. The van der Waals surface area contributed by atoms with Crippen LogP contribution in [-0.2, 0) is 0 Å². The van der Waals surface area contributed by atoms with Crippen molar-refractivity contribution in [2.24, 2.45) is 11.8 Å². The summed E-state index contributed by atoms with van der Waals surface area (Å²) in [5.41, 5.74) is 0. The molecule has 1 aliphatic rings. The van der Waals surface area contributed by atoms with E-state index in [4.69, 9.17) is 0 Å². The average molecular weight is 198 g/mol. The number of likely N-dealkylation sites (N-methyl/N-ethyl adjacent to an activating group) is 1. The molecule has 2 atom stereocenters. The fraction of sp³-hybridized carbons (Fsp3) is 1.00. The molecule has 2 heteroatoms. The summed E-state index contributed by atoms with van der Waals surface area (Å²) in [5, 5.41) is 3.58. The van der Waals surface area contributed by atoms with Crippen LogP contribution in [0, 0.1) is 11.8 Å². The van der Waals surface area contributed by atoms with E-state index in [2.05, 4.69) is 31.1 Å². The first-order valence-corrected chi connectivity index (χ1v) is 6.13. The predicted octanol–water partition coefficient (Wildman–Crippen LogP) is 1.96. The minimum atomic E-state index is 0.946. The number of hydrogen-bond acceptors (Lipinski definition) is 2. The molecule has 0 radical (unpaired) electrons. The van der Waals surface area contributed by atoms with Crippen molar-refractivity contribution in [3.63, 3.8) is 0 Å². The average Bonchev–Trinajstić information content (AvgIpc) is 2.58. The standard InChI is InChI=1S/C12H26N2/c1-4-14(3)9-8-13-10-12-7-5-6-11(12)2/h11-13H,4-10H2,1-3H3. The second kappa shape index (κ2) is 6.41. The van der Waals surface area contributed by atoms with E-state index in [-0.39, 0.29) is 0 Å². The van der Waals surface area contributed by atoms with Crippen molar-refractivity contribution < 1.29 is 0 Å². The van der Waals surface area contributed by atoms with Gasteiger partial charge in [0.2, 0.25) is 0 Å². The van der Waals surface area contributed by atoms with E-state index < -0.39 is 0 Å². The van der Waals surface area contributed by atoms with Crippen LogP contribution in [0.15, 0.2) is 0 Å². The molecule has 1 fully saturated rings. The van der Waals surface area contributed by atoms with E-state index in [1.165, 1.54) is 32.4 Å². The molecule has 0 heterocycles. The number of nitrogens with zero attached hydrogens (tertiary/aromatic N) is 1. The molecule has 1 N–H and O–H groups in total. The lowest BCUT2D eigenvalue weighted by Crippen LogP contribution is -2.32. The van der Waals surface area contributed by atoms with Crippen LogP contribution in [0.1, 0.15) is 33.1 Å². The molecule has 1 aliphatic carbocycles. The van der Waals surface area contributed by atoms with Crippen LogP contribution in [0.3, 0.4) is 0 Å². The Balaban J connectivity index is 1.98. The zero-order chi connectivity index (χ0) is 10.4. The molecule has 2 nitrogen and oxygen atoms in total. The van der Waals surface area contributed by atoms with Gasteiger partial charge in [-0.05, 0) is 38.4 Å². The minimum Gasteiger partial charge on any atom is -0.315 e. The van der Waals surface area contributed by atoms with Crippen molar-refractivity contribution in [3.8, 4) is 0 Å². The quantitative estimate of drug-likeness (QED) is 0.656. The zero-order valence-electron chi connectivity index (χ0n) is 10.1. The van der Waals surface area contributed by atoms with Crippen LogP contribution >= 0.6 is 0 Å². The predicted molar refractivity (Wildman–Crippen MR) is 62.5 cm³/mol. The topological polar surface area (TPSA) is 15.3 Å². The summed E-state index contributed by atoms with van der Waals surface area (Å²) >= 11 is 0. The maximum atomic E-state index is 3.58. The Morgan fingerprint density at radius 3 is 2.71 bits per heavy atom. The van der Waals surface area contributed by atoms with Gasteiger partial charge in [-0.2, -0.15) is 0 Å². The molecule has 84 valence electrons. The molecule has 1 rings (SSSR count). The largest absolute Gasteiger partial charge is 0.315 e. The molecule has 0 amide bonds. The second-order valence-electron chi connectivity index (χ2n) is 4.77. The first-order valence-electron chi connectivity index (χ1n) is 6.13. The van der Waals surface area contributed by atoms with Crippen molar-refractivity contribution in [3.05, 3.63) is 0 Å². The highest BCUT2D eigenvalue weighted by atomic mass is 15.1. The van der Waals surface area contributed by atoms with Gasteiger partial charge in [0.05, 0.1) is 0 Å². The van der Waals surface area contributed by atoms with Crippen molar-refractivity contribution in [2.75, 3.05) is 33.2 Å². The maximum Gasteiger partial charge on any atom is 0.0104 e. The first kappa shape index (κ1) is 12.0. The molecule has 0 saturated heterocycles. The lowest BCUT2D eigenvalue weighted by Gasteiger charge is -2.18. The van der Waals surface area contributed by atoms with Crippen LogP contribution in [0.25, 0.3) is 0 Å². The van der Waals surface area contributed by atoms with Gasteiger partial charge in [0.15, 0.2) is 0 Å². The summed E-state index contributed by atoms with van der Waals surface area (Å²) in [6, 6.07) is 0. The van der Waals surface area contributed by atoms with Gasteiger partial charge in [-0.25, -0.2) is 0 Å². The van der Waals surface area contributed by atoms with E-state index in [1.54, 1.807) is 0 Å². The van der Waals surface area contributed by atoms with Gasteiger partial charge in [0, 0.05) is 13.1 Å². The third-order valence-electron chi connectivity index (χ3n) is 3.66. The van der Waals surface area contributed by atoms with Crippen LogP contribution in [0.4, 0.5) is 0 Å². The normalized spacial score (nSPS) is 27.4. The fourth-order valence-electron chi connectivity index (χ4n) is 2.24. The van der Waals surface area contributed by atoms with E-state index in [0.717, 1.165) is 24.9 Å². The summed E-state index contributed by atoms with van der Waals surface area (Å²) in [7, 11) is 2.18. The molecule has 1 saturated carbocycles. The van der Waals surface area contributed by atoms with Crippen molar-refractivity contribution in [1.29, 1.82) is 0 Å². The SMILES string of the molecule is CCN(C)CCNCC1CCCC1C. The highest BCUT2D eigenvalue weighted by molar-refractivity contribution is 4.75. The Morgan fingerprint density at radius 2 is 2.14 bits per heavy atom. The Bertz CT molecular complexity index is 147. The van der Waals surface area contributed by atoms with Gasteiger partial charge in [0.25, 0.3) is 0 Å². The van der Waals surface area contributed by atoms with Crippen LogP contribution in [-0.4, -0.2) is 38.1 Å². The molecule has 0 aliphatic heterocycles. The fourth-order valence-corrected chi connectivity index (χ4v) is 2.24. The first-order chi connectivity index (χ1) is 6.74. The Hall–Kier alpha value is -0.0800. The molecule has 0 aromatic rings. The van der Waals surface area contributed by atoms with Crippen LogP contribution in [0.5, 0.6) is 0 Å². The van der Waals surface area contributed by atoms with E-state index in [9.17, 15) is 0 Å².